The Hall–Kier alpha value is -7.85. The minimum Gasteiger partial charge on any atom is -0.488 e. The number of rotatable bonds is 16. The Morgan fingerprint density at radius 3 is 2.01 bits per heavy atom. The van der Waals surface area contributed by atoms with Crippen molar-refractivity contribution in [1.82, 2.24) is 40.2 Å². The van der Waals surface area contributed by atoms with E-state index in [1.165, 1.54) is 9.80 Å². The van der Waals surface area contributed by atoms with Gasteiger partial charge in [-0.2, -0.15) is 10.5 Å². The summed E-state index contributed by atoms with van der Waals surface area (Å²) >= 11 is 3.11. The van der Waals surface area contributed by atoms with Crippen molar-refractivity contribution in [3.63, 3.8) is 0 Å². The number of aliphatic hydroxyl groups is 1. The largest absolute Gasteiger partial charge is 0.488 e. The summed E-state index contributed by atoms with van der Waals surface area (Å²) in [5.41, 5.74) is 12.1. The molecule has 0 aliphatic carbocycles. The first kappa shape index (κ1) is 57.4. The zero-order chi connectivity index (χ0) is 58.1. The van der Waals surface area contributed by atoms with Gasteiger partial charge in [-0.1, -0.05) is 88.4 Å². The molecule has 2 aromatic heterocycles. The van der Waals surface area contributed by atoms with Crippen molar-refractivity contribution in [1.29, 1.82) is 10.5 Å². The molecule has 4 aromatic carbocycles. The lowest BCUT2D eigenvalue weighted by Gasteiger charge is -2.36. The number of aryl methyl sites for hydroxylation is 2. The molecule has 7 atom stereocenters. The van der Waals surface area contributed by atoms with E-state index in [2.05, 4.69) is 32.7 Å². The van der Waals surface area contributed by atoms with Gasteiger partial charge in [0.1, 0.15) is 36.7 Å². The Balaban J connectivity index is 0.872. The Morgan fingerprint density at radius 1 is 0.768 bits per heavy atom. The third kappa shape index (κ3) is 11.6. The van der Waals surface area contributed by atoms with Gasteiger partial charge in [-0.05, 0) is 84.2 Å². The highest BCUT2D eigenvalue weighted by Crippen LogP contribution is 2.37. The molecule has 20 heteroatoms. The maximum absolute atomic E-state index is 15.3. The third-order valence-corrected chi connectivity index (χ3v) is 18.1. The normalized spacial score (nSPS) is 20.0. The maximum Gasteiger partial charge on any atom is 0.255 e. The zero-order valence-electron chi connectivity index (χ0n) is 46.9. The number of fused-ring (bicyclic) bond motifs is 2. The van der Waals surface area contributed by atoms with Crippen LogP contribution >= 0.6 is 22.7 Å². The number of nitrogens with zero attached hydrogens (tertiary/aromatic N) is 8. The molecule has 2 fully saturated rings. The molecular weight excluding hydrogens is 1080 g/mol. The second kappa shape index (κ2) is 24.3. The predicted molar refractivity (Wildman–Crippen MR) is 308 cm³/mol. The highest BCUT2D eigenvalue weighted by atomic mass is 32.1. The highest BCUT2D eigenvalue weighted by molar-refractivity contribution is 7.13. The summed E-state index contributed by atoms with van der Waals surface area (Å²) in [4.78, 5) is 90.5. The number of hydrogen-bond donors (Lipinski definition) is 3. The molecule has 0 spiro atoms. The summed E-state index contributed by atoms with van der Waals surface area (Å²) in [6, 6.07) is 24.6. The average molecular weight is 1140 g/mol. The summed E-state index contributed by atoms with van der Waals surface area (Å²) in [6.45, 7) is 14.0. The fraction of sp³-hybridized carbons (Fsp3) is 0.403. The van der Waals surface area contributed by atoms with Crippen molar-refractivity contribution in [2.24, 2.45) is 11.8 Å². The van der Waals surface area contributed by atoms with Crippen LogP contribution in [-0.2, 0) is 50.2 Å². The number of aliphatic hydroxyl groups excluding tert-OH is 1. The van der Waals surface area contributed by atoms with E-state index in [0.717, 1.165) is 54.5 Å². The smallest absolute Gasteiger partial charge is 0.255 e. The first-order valence-electron chi connectivity index (χ1n) is 27.7. The Bertz CT molecular complexity index is 3490. The van der Waals surface area contributed by atoms with Crippen LogP contribution in [0.2, 0.25) is 0 Å². The van der Waals surface area contributed by atoms with Crippen LogP contribution in [-0.4, -0.2) is 120 Å². The van der Waals surface area contributed by atoms with Crippen LogP contribution in [0.3, 0.4) is 0 Å². The summed E-state index contributed by atoms with van der Waals surface area (Å²) in [7, 11) is 0. The Labute approximate surface area is 485 Å². The van der Waals surface area contributed by atoms with Crippen LogP contribution in [0.4, 0.5) is 0 Å². The molecule has 5 amide bonds. The molecule has 2 saturated heterocycles. The topological polar surface area (TPSA) is 234 Å². The number of benzene rings is 4. The van der Waals surface area contributed by atoms with E-state index in [4.69, 9.17) is 9.47 Å². The number of carbonyl (C=O) groups is 5. The number of nitriles is 2. The summed E-state index contributed by atoms with van der Waals surface area (Å²) < 4.78 is 12.8. The summed E-state index contributed by atoms with van der Waals surface area (Å²) in [5, 5.41) is 37.7. The van der Waals surface area contributed by atoms with Gasteiger partial charge in [-0.3, -0.25) is 28.9 Å². The molecular formula is C62H66N10O8S2. The van der Waals surface area contributed by atoms with Crippen molar-refractivity contribution >= 4 is 52.2 Å². The zero-order valence-corrected chi connectivity index (χ0v) is 48.6. The van der Waals surface area contributed by atoms with Crippen molar-refractivity contribution in [3.05, 3.63) is 146 Å². The number of thiazole rings is 2. The van der Waals surface area contributed by atoms with E-state index in [1.54, 1.807) is 51.3 Å². The Kier molecular flexibility index (Phi) is 17.0. The fourth-order valence-corrected chi connectivity index (χ4v) is 13.6. The molecule has 10 rings (SSSR count). The van der Waals surface area contributed by atoms with Gasteiger partial charge < -0.3 is 39.9 Å². The highest BCUT2D eigenvalue weighted by Gasteiger charge is 2.48. The van der Waals surface area contributed by atoms with Crippen LogP contribution in [0.25, 0.3) is 20.9 Å². The lowest BCUT2D eigenvalue weighted by atomic mass is 9.97. The van der Waals surface area contributed by atoms with E-state index in [-0.39, 0.29) is 93.5 Å². The second-order valence-corrected chi connectivity index (χ2v) is 24.1. The summed E-state index contributed by atoms with van der Waals surface area (Å²) in [6.07, 6.45) is -1.63. The number of carbonyl (C=O) groups excluding carboxylic acids is 5. The Morgan fingerprint density at radius 2 is 1.39 bits per heavy atom. The van der Waals surface area contributed by atoms with Gasteiger partial charge in [-0.25, -0.2) is 9.97 Å². The number of aromatic nitrogens is 2. The molecule has 0 saturated carbocycles. The molecule has 4 aliphatic rings. The number of nitrogens with one attached hydrogen (secondary N) is 2. The molecule has 3 N–H and O–H groups in total. The van der Waals surface area contributed by atoms with Gasteiger partial charge in [0.05, 0.1) is 86.8 Å². The van der Waals surface area contributed by atoms with Gasteiger partial charge in [0, 0.05) is 50.1 Å². The van der Waals surface area contributed by atoms with Crippen molar-refractivity contribution in [3.8, 4) is 38.8 Å². The first-order valence-corrected chi connectivity index (χ1v) is 29.4. The molecule has 18 nitrogen and oxygen atoms in total. The molecule has 0 unspecified atom stereocenters. The van der Waals surface area contributed by atoms with Crippen LogP contribution in [0.1, 0.15) is 114 Å². The number of likely N-dealkylation sites (tertiary alicyclic amines) is 2. The van der Waals surface area contributed by atoms with Gasteiger partial charge in [0.25, 0.3) is 5.91 Å². The number of ether oxygens (including phenoxy) is 2. The minimum atomic E-state index is -1.06. The molecule has 4 aliphatic heterocycles. The fourth-order valence-electron chi connectivity index (χ4n) is 12.0. The quantitative estimate of drug-likeness (QED) is 0.0841. The number of β-amino-alcohol motifs (C(OH)–C–C–N with tert-alkyl or cyclic N) is 1. The third-order valence-electron chi connectivity index (χ3n) is 16.2. The molecule has 6 heterocycles. The lowest BCUT2D eigenvalue weighted by Crippen LogP contribution is -2.55. The minimum absolute atomic E-state index is 0.00887. The van der Waals surface area contributed by atoms with Gasteiger partial charge in [0.15, 0.2) is 0 Å². The van der Waals surface area contributed by atoms with Crippen LogP contribution in [0.15, 0.2) is 89.9 Å². The molecule has 0 bridgehead atoms. The molecule has 424 valence electrons. The number of amides is 5. The van der Waals surface area contributed by atoms with Crippen molar-refractivity contribution in [2.75, 3.05) is 19.8 Å². The van der Waals surface area contributed by atoms with E-state index in [0.29, 0.717) is 11.1 Å². The van der Waals surface area contributed by atoms with Crippen molar-refractivity contribution in [2.45, 2.75) is 130 Å². The predicted octanol–water partition coefficient (Wildman–Crippen LogP) is 7.79. The van der Waals surface area contributed by atoms with E-state index in [9.17, 15) is 34.8 Å². The molecule has 0 radical (unpaired) electrons. The standard InChI is InChI=1S/C62H66N10O8S2/c1-34(2)54(69-28-50-43(23-63)9-8-10-44(50)30-79-33-69)61(77)71-27-48(22-53(71)59(75)68-36(5)40-15-17-42(18-16-40)57-38(7)67-32-82-57)80-47-19-45(24-64)51-29-72(60(76)49(51)21-47)55(35(3)4)62(78)70-26-46(73)20-52(70)58(74)65-25-39-11-13-41(14-12-39)56-37(6)66-31-81-56/h8-19,21,31-32,34-36,46,48,52-55,73H,20,22,25-30,33H2,1-7H3,(H,65,74)(H,68,75)/t36-,46+,48+,52-,53-,54-,55-/m0/s1. The maximum atomic E-state index is 15.3. The second-order valence-electron chi connectivity index (χ2n) is 22.4. The monoisotopic (exact) mass is 1140 g/mol. The van der Waals surface area contributed by atoms with Crippen molar-refractivity contribution < 1.29 is 38.6 Å². The van der Waals surface area contributed by atoms with Gasteiger partial charge in [-0.15, -0.1) is 22.7 Å². The van der Waals surface area contributed by atoms with E-state index >= 15 is 4.79 Å². The van der Waals surface area contributed by atoms with E-state index < -0.39 is 66.1 Å². The lowest BCUT2D eigenvalue weighted by molar-refractivity contribution is -0.147. The SMILES string of the molecule is Cc1ncsc1-c1ccc(CNC(=O)[C@@H]2C[C@@H](O)CN2C(=O)[C@H](C(C)C)N2Cc3c(C#N)cc(O[C@@H]4C[C@@H](C(=O)N[C@@H](C)c5ccc(-c6scnc6C)cc5)N(C(=O)[C@H](C(C)C)N5COCc6cccc(C#N)c6C5)C4)cc3C2=O)cc1. The van der Waals surface area contributed by atoms with Gasteiger partial charge in [0.2, 0.25) is 23.6 Å². The van der Waals surface area contributed by atoms with Gasteiger partial charge >= 0.3 is 0 Å². The average Bonchev–Trinajstić information content (AvgIpc) is 4.30. The molecule has 6 aromatic rings. The first-order chi connectivity index (χ1) is 39.4. The van der Waals surface area contributed by atoms with E-state index in [1.807, 2.05) is 120 Å². The summed E-state index contributed by atoms with van der Waals surface area (Å²) in [5.74, 6) is -2.65. The van der Waals surface area contributed by atoms with Crippen LogP contribution < -0.4 is 15.4 Å². The number of hydrogen-bond acceptors (Lipinski definition) is 15. The van der Waals surface area contributed by atoms with Crippen LogP contribution in [0, 0.1) is 48.3 Å². The molecule has 82 heavy (non-hydrogen) atoms. The van der Waals surface area contributed by atoms with Crippen LogP contribution in [0.5, 0.6) is 5.75 Å².